The zero-order valence-electron chi connectivity index (χ0n) is 20.4. The highest BCUT2D eigenvalue weighted by Gasteiger charge is 2.71. The number of thioether (sulfide) groups is 1. The molecule has 0 saturated carbocycles. The fourth-order valence-electron chi connectivity index (χ4n) is 4.65. The van der Waals surface area contributed by atoms with E-state index in [1.54, 1.807) is 5.38 Å². The molecule has 14 nitrogen and oxygen atoms in total. The molecule has 2 N–H and O–H groups in total. The van der Waals surface area contributed by atoms with E-state index >= 15 is 0 Å². The van der Waals surface area contributed by atoms with Gasteiger partial charge in [0.1, 0.15) is 23.9 Å². The Kier molecular flexibility index (Phi) is 7.65. The summed E-state index contributed by atoms with van der Waals surface area (Å²) in [5.41, 5.74) is -1.25. The van der Waals surface area contributed by atoms with Crippen LogP contribution in [0.5, 0.6) is 0 Å². The first kappa shape index (κ1) is 27.8. The van der Waals surface area contributed by atoms with Crippen LogP contribution < -0.4 is 10.6 Å². The first-order valence-corrected chi connectivity index (χ1v) is 14.3. The van der Waals surface area contributed by atoms with Crippen LogP contribution in [0.2, 0.25) is 0 Å². The zero-order chi connectivity index (χ0) is 28.6. The van der Waals surface area contributed by atoms with Gasteiger partial charge in [-0.05, 0) is 17.7 Å². The van der Waals surface area contributed by atoms with E-state index in [0.717, 1.165) is 16.2 Å². The number of aromatic nitrogens is 1. The molecule has 3 aliphatic heterocycles. The Morgan fingerprint density at radius 3 is 2.70 bits per heavy atom. The van der Waals surface area contributed by atoms with Gasteiger partial charge >= 0.3 is 11.9 Å². The Balaban J connectivity index is 1.25. The quantitative estimate of drug-likeness (QED) is 0.137. The number of benzene rings is 1. The number of carbonyl (C=O) groups is 5. The Labute approximate surface area is 238 Å². The molecule has 0 aliphatic carbocycles. The summed E-state index contributed by atoms with van der Waals surface area (Å²) in [5, 5.41) is 17.2. The number of esters is 2. The Morgan fingerprint density at radius 1 is 1.25 bits per heavy atom. The van der Waals surface area contributed by atoms with Gasteiger partial charge in [-0.15, -0.1) is 34.7 Å². The van der Waals surface area contributed by atoms with Crippen molar-refractivity contribution in [1.29, 1.82) is 0 Å². The molecule has 3 fully saturated rings. The smallest absolute Gasteiger partial charge is 0.373 e. The molecule has 17 heteroatoms. The van der Waals surface area contributed by atoms with Gasteiger partial charge in [0.15, 0.2) is 5.13 Å². The van der Waals surface area contributed by atoms with Crippen LogP contribution in [-0.2, 0) is 46.5 Å². The molecule has 3 saturated heterocycles. The van der Waals surface area contributed by atoms with E-state index in [4.69, 9.17) is 21.1 Å². The second-order valence-electron chi connectivity index (χ2n) is 9.05. The van der Waals surface area contributed by atoms with Gasteiger partial charge < -0.3 is 20.1 Å². The highest BCUT2D eigenvalue weighted by Crippen LogP contribution is 2.51. The molecular weight excluding hydrogens is 590 g/mol. The van der Waals surface area contributed by atoms with Crippen LogP contribution in [0.3, 0.4) is 0 Å². The maximum atomic E-state index is 13.4. The zero-order valence-corrected chi connectivity index (χ0v) is 22.8. The number of nitro groups is 1. The number of non-ortho nitro benzene ring substituents is 1. The highest BCUT2D eigenvalue weighted by molar-refractivity contribution is 8.00. The van der Waals surface area contributed by atoms with Crippen LogP contribution in [0, 0.1) is 16.0 Å². The predicted molar refractivity (Wildman–Crippen MR) is 140 cm³/mol. The standard InChI is InChI=1S/C23H20ClN5O9S2/c24-7-16(31)27-22-25-13(10-40-22)6-15(30)26-18-19(33)28-20(18)39-9-12-5-17(32)38-23(12,28)21(34)37-8-11-1-3-14(4-2-11)29(35)36/h1-4,10,12,18,20H,5-9H2,(H,26,30)(H,25,27,31)/t12-,18+,20+,23+/m0/s1. The van der Waals surface area contributed by atoms with Gasteiger partial charge in [0.05, 0.1) is 23.5 Å². The fourth-order valence-corrected chi connectivity index (χ4v) is 7.00. The third-order valence-corrected chi connectivity index (χ3v) is 8.96. The number of hydrogen-bond donors (Lipinski definition) is 2. The van der Waals surface area contributed by atoms with E-state index in [1.165, 1.54) is 36.0 Å². The van der Waals surface area contributed by atoms with E-state index in [-0.39, 0.29) is 36.1 Å². The number of alkyl halides is 1. The average molecular weight is 610 g/mol. The van der Waals surface area contributed by atoms with E-state index in [9.17, 15) is 34.1 Å². The molecule has 5 rings (SSSR count). The lowest BCUT2D eigenvalue weighted by Crippen LogP contribution is -2.80. The number of fused-ring (bicyclic) bond motifs is 3. The molecule has 0 radical (unpaired) electrons. The largest absolute Gasteiger partial charge is 0.456 e. The van der Waals surface area contributed by atoms with Crippen molar-refractivity contribution in [2.45, 2.75) is 36.6 Å². The molecule has 3 aliphatic rings. The minimum atomic E-state index is -1.96. The number of ether oxygens (including phenoxy) is 2. The van der Waals surface area contributed by atoms with Gasteiger partial charge in [0, 0.05) is 29.2 Å². The van der Waals surface area contributed by atoms with Gasteiger partial charge in [-0.3, -0.25) is 34.2 Å². The summed E-state index contributed by atoms with van der Waals surface area (Å²) in [4.78, 5) is 78.6. The third-order valence-electron chi connectivity index (χ3n) is 6.49. The molecule has 0 bridgehead atoms. The van der Waals surface area contributed by atoms with Crippen molar-refractivity contribution in [2.24, 2.45) is 5.92 Å². The number of amides is 3. The average Bonchev–Trinajstić information content (AvgIpc) is 3.52. The molecule has 210 valence electrons. The number of nitrogens with one attached hydrogen (secondary N) is 2. The fraction of sp³-hybridized carbons (Fsp3) is 0.391. The molecule has 0 unspecified atom stereocenters. The predicted octanol–water partition coefficient (Wildman–Crippen LogP) is 1.17. The molecule has 4 heterocycles. The molecule has 0 spiro atoms. The van der Waals surface area contributed by atoms with Crippen LogP contribution in [0.15, 0.2) is 29.6 Å². The number of thiazole rings is 1. The third kappa shape index (κ3) is 5.09. The van der Waals surface area contributed by atoms with E-state index in [2.05, 4.69) is 15.6 Å². The number of hydrogen-bond acceptors (Lipinski definition) is 12. The molecule has 40 heavy (non-hydrogen) atoms. The van der Waals surface area contributed by atoms with Gasteiger partial charge in [-0.2, -0.15) is 0 Å². The molecule has 3 amide bonds. The number of rotatable bonds is 9. The number of nitrogens with zero attached hydrogens (tertiary/aromatic N) is 3. The monoisotopic (exact) mass is 609 g/mol. The molecular formula is C23H20ClN5O9S2. The molecule has 1 aromatic carbocycles. The minimum absolute atomic E-state index is 0.0838. The Bertz CT molecular complexity index is 1400. The van der Waals surface area contributed by atoms with E-state index < -0.39 is 57.6 Å². The maximum absolute atomic E-state index is 13.4. The Morgan fingerprint density at radius 2 is 2.00 bits per heavy atom. The van der Waals surface area contributed by atoms with Crippen molar-refractivity contribution < 1.29 is 38.4 Å². The van der Waals surface area contributed by atoms with Gasteiger partial charge in [-0.25, -0.2) is 9.78 Å². The summed E-state index contributed by atoms with van der Waals surface area (Å²) in [6.07, 6.45) is -0.242. The normalized spacial score (nSPS) is 24.7. The first-order chi connectivity index (χ1) is 19.1. The Hall–Kier alpha value is -3.76. The van der Waals surface area contributed by atoms with Crippen molar-refractivity contribution in [3.8, 4) is 0 Å². The van der Waals surface area contributed by atoms with E-state index in [0.29, 0.717) is 17.0 Å². The number of carbonyl (C=O) groups excluding carboxylic acids is 5. The summed E-state index contributed by atoms with van der Waals surface area (Å²) in [6, 6.07) is 4.42. The van der Waals surface area contributed by atoms with Gasteiger partial charge in [-0.1, -0.05) is 0 Å². The molecule has 4 atom stereocenters. The van der Waals surface area contributed by atoms with Crippen molar-refractivity contribution in [3.05, 3.63) is 51.0 Å². The van der Waals surface area contributed by atoms with Crippen LogP contribution in [0.25, 0.3) is 0 Å². The maximum Gasteiger partial charge on any atom is 0.373 e. The van der Waals surface area contributed by atoms with Crippen molar-refractivity contribution >= 4 is 75.2 Å². The molecule has 1 aromatic heterocycles. The van der Waals surface area contributed by atoms with Crippen LogP contribution in [0.1, 0.15) is 17.7 Å². The van der Waals surface area contributed by atoms with Crippen LogP contribution in [0.4, 0.5) is 10.8 Å². The highest BCUT2D eigenvalue weighted by atomic mass is 35.5. The van der Waals surface area contributed by atoms with Gasteiger partial charge in [0.2, 0.25) is 11.8 Å². The number of nitro benzene ring substituents is 1. The van der Waals surface area contributed by atoms with Crippen molar-refractivity contribution in [2.75, 3.05) is 16.9 Å². The van der Waals surface area contributed by atoms with Gasteiger partial charge in [0.25, 0.3) is 17.3 Å². The second-order valence-corrected chi connectivity index (χ2v) is 11.3. The van der Waals surface area contributed by atoms with Crippen LogP contribution >= 0.6 is 34.7 Å². The topological polar surface area (TPSA) is 187 Å². The lowest BCUT2D eigenvalue weighted by molar-refractivity contribution is -0.384. The first-order valence-electron chi connectivity index (χ1n) is 11.8. The second kappa shape index (κ2) is 11.0. The lowest BCUT2D eigenvalue weighted by Gasteiger charge is -2.56. The van der Waals surface area contributed by atoms with Crippen LogP contribution in [-0.4, -0.2) is 73.2 Å². The number of β-lactam (4-membered cyclic amide) rings is 1. The summed E-state index contributed by atoms with van der Waals surface area (Å²) < 4.78 is 10.9. The molecule has 2 aromatic rings. The summed E-state index contributed by atoms with van der Waals surface area (Å²) in [6.45, 7) is -0.260. The summed E-state index contributed by atoms with van der Waals surface area (Å²) in [7, 11) is 0. The number of halogens is 1. The van der Waals surface area contributed by atoms with E-state index in [1.807, 2.05) is 0 Å². The van der Waals surface area contributed by atoms with Crippen molar-refractivity contribution in [1.82, 2.24) is 15.2 Å². The summed E-state index contributed by atoms with van der Waals surface area (Å²) >= 11 is 7.89. The lowest BCUT2D eigenvalue weighted by atomic mass is 9.89. The minimum Gasteiger partial charge on any atom is -0.456 e. The van der Waals surface area contributed by atoms with Crippen molar-refractivity contribution in [3.63, 3.8) is 0 Å². The number of anilines is 1. The summed E-state index contributed by atoms with van der Waals surface area (Å²) in [5.74, 6) is -3.72. The SMILES string of the molecule is O=C(CCl)Nc1nc(CC(=O)N[C@@H]2C(=O)N3[C@@H]2SC[C@@H]2CC(=O)O[C@@]23C(=O)OCc2ccc([N+](=O)[O-])cc2)cs1.